The summed E-state index contributed by atoms with van der Waals surface area (Å²) in [5.74, 6) is -0.338. The lowest BCUT2D eigenvalue weighted by molar-refractivity contribution is -0.134. The van der Waals surface area contributed by atoms with Gasteiger partial charge in [0.05, 0.1) is 12.2 Å². The van der Waals surface area contributed by atoms with Crippen molar-refractivity contribution in [1.82, 2.24) is 9.97 Å². The molecular formula is C11H13BrN4O2S. The van der Waals surface area contributed by atoms with Gasteiger partial charge >= 0.3 is 0 Å². The molecule has 2 aromatic rings. The number of nitrogen functional groups attached to an aromatic ring is 1. The number of thiazole rings is 1. The van der Waals surface area contributed by atoms with Gasteiger partial charge in [-0.05, 0) is 22.0 Å². The van der Waals surface area contributed by atoms with Gasteiger partial charge in [0.1, 0.15) is 10.8 Å². The summed E-state index contributed by atoms with van der Waals surface area (Å²) in [5.41, 5.74) is 6.54. The molecule has 0 aromatic carbocycles. The molecule has 0 unspecified atom stereocenters. The van der Waals surface area contributed by atoms with Crippen LogP contribution in [0.25, 0.3) is 0 Å². The van der Waals surface area contributed by atoms with Crippen LogP contribution < -0.4 is 11.1 Å². The minimum atomic E-state index is -0.833. The van der Waals surface area contributed by atoms with Gasteiger partial charge in [-0.2, -0.15) is 0 Å². The second-order valence-electron chi connectivity index (χ2n) is 3.38. The number of carbonyl (C=O) groups is 1. The predicted molar refractivity (Wildman–Crippen MR) is 79.1 cm³/mol. The van der Waals surface area contributed by atoms with Crippen molar-refractivity contribution in [3.8, 4) is 0 Å². The van der Waals surface area contributed by atoms with Crippen LogP contribution in [0.1, 0.15) is 11.9 Å². The molecule has 8 heteroatoms. The van der Waals surface area contributed by atoms with Crippen molar-refractivity contribution in [2.75, 3.05) is 11.1 Å². The number of carboxylic acid groups (broad SMARTS) is 1. The fourth-order valence-corrected chi connectivity index (χ4v) is 1.99. The van der Waals surface area contributed by atoms with E-state index in [4.69, 9.17) is 15.6 Å². The second kappa shape index (κ2) is 7.70. The van der Waals surface area contributed by atoms with Crippen molar-refractivity contribution in [1.29, 1.82) is 0 Å². The van der Waals surface area contributed by atoms with E-state index in [9.17, 15) is 0 Å². The molecule has 0 atom stereocenters. The predicted octanol–water partition coefficient (Wildman–Crippen LogP) is 2.59. The van der Waals surface area contributed by atoms with Crippen LogP contribution in [0, 0.1) is 0 Å². The number of carboxylic acids is 1. The number of pyridine rings is 1. The number of nitrogens with zero attached hydrogens (tertiary/aromatic N) is 2. The number of nitrogens with two attached hydrogens (primary N) is 1. The van der Waals surface area contributed by atoms with Crippen LogP contribution in [0.5, 0.6) is 0 Å². The second-order valence-corrected chi connectivity index (χ2v) is 5.28. The number of hydrogen-bond donors (Lipinski definition) is 3. The van der Waals surface area contributed by atoms with Crippen LogP contribution in [0.15, 0.2) is 28.3 Å². The number of halogens is 1. The Morgan fingerprint density at radius 3 is 2.84 bits per heavy atom. The maximum Gasteiger partial charge on any atom is 0.300 e. The molecule has 0 spiro atoms. The van der Waals surface area contributed by atoms with E-state index in [1.54, 1.807) is 23.7 Å². The van der Waals surface area contributed by atoms with E-state index in [2.05, 4.69) is 31.2 Å². The maximum atomic E-state index is 9.00. The van der Waals surface area contributed by atoms with E-state index in [0.717, 1.165) is 22.1 Å². The fraction of sp³-hybridized carbons (Fsp3) is 0.182. The molecule has 0 aliphatic heterocycles. The highest BCUT2D eigenvalue weighted by Crippen LogP contribution is 2.21. The van der Waals surface area contributed by atoms with Crippen molar-refractivity contribution >= 4 is 44.7 Å². The first-order chi connectivity index (χ1) is 8.99. The Morgan fingerprint density at radius 2 is 2.26 bits per heavy atom. The van der Waals surface area contributed by atoms with Gasteiger partial charge in [-0.25, -0.2) is 9.97 Å². The average molecular weight is 345 g/mol. The Hall–Kier alpha value is -1.67. The highest BCUT2D eigenvalue weighted by molar-refractivity contribution is 9.10. The lowest BCUT2D eigenvalue weighted by Crippen LogP contribution is -2.03. The minimum absolute atomic E-state index is 0.495. The Morgan fingerprint density at radius 1 is 1.58 bits per heavy atom. The Balaban J connectivity index is 0.000000399. The molecule has 19 heavy (non-hydrogen) atoms. The normalized spacial score (nSPS) is 9.37. The smallest absolute Gasteiger partial charge is 0.300 e. The summed E-state index contributed by atoms with van der Waals surface area (Å²) in [5, 5.41) is 13.6. The lowest BCUT2D eigenvalue weighted by atomic mass is 10.4. The van der Waals surface area contributed by atoms with Gasteiger partial charge in [0.25, 0.3) is 5.97 Å². The van der Waals surface area contributed by atoms with Gasteiger partial charge in [-0.15, -0.1) is 11.3 Å². The summed E-state index contributed by atoms with van der Waals surface area (Å²) in [7, 11) is 0. The van der Waals surface area contributed by atoms with Crippen LogP contribution >= 0.6 is 27.3 Å². The molecule has 2 aromatic heterocycles. The monoisotopic (exact) mass is 344 g/mol. The zero-order valence-corrected chi connectivity index (χ0v) is 12.5. The van der Waals surface area contributed by atoms with E-state index >= 15 is 0 Å². The third-order valence-electron chi connectivity index (χ3n) is 1.80. The van der Waals surface area contributed by atoms with E-state index in [1.807, 2.05) is 11.4 Å². The fourth-order valence-electron chi connectivity index (χ4n) is 1.10. The summed E-state index contributed by atoms with van der Waals surface area (Å²) < 4.78 is 0.901. The van der Waals surface area contributed by atoms with Crippen LogP contribution in [-0.2, 0) is 11.3 Å². The van der Waals surface area contributed by atoms with Crippen molar-refractivity contribution in [3.05, 3.63) is 33.3 Å². The molecule has 0 saturated carbocycles. The Bertz CT molecular complexity index is 529. The number of aromatic nitrogens is 2. The molecule has 0 amide bonds. The SMILES string of the molecule is CC(=O)O.Nc1ncc(Br)cc1NCc1nccs1. The number of anilines is 2. The zero-order valence-electron chi connectivity index (χ0n) is 10.1. The van der Waals surface area contributed by atoms with Crippen LogP contribution in [-0.4, -0.2) is 21.0 Å². The van der Waals surface area contributed by atoms with Crippen molar-refractivity contribution < 1.29 is 9.90 Å². The average Bonchev–Trinajstić information content (AvgIpc) is 2.82. The zero-order chi connectivity index (χ0) is 14.3. The Kier molecular flexibility index (Phi) is 6.23. The minimum Gasteiger partial charge on any atom is -0.481 e. The first kappa shape index (κ1) is 15.4. The maximum absolute atomic E-state index is 9.00. The van der Waals surface area contributed by atoms with Gasteiger partial charge < -0.3 is 16.2 Å². The summed E-state index contributed by atoms with van der Waals surface area (Å²) in [4.78, 5) is 17.2. The molecule has 4 N–H and O–H groups in total. The van der Waals surface area contributed by atoms with Gasteiger partial charge in [0.2, 0.25) is 0 Å². The molecule has 0 aliphatic carbocycles. The highest BCUT2D eigenvalue weighted by Gasteiger charge is 2.01. The standard InChI is InChI=1S/C9H9BrN4S.C2H4O2/c10-6-3-7(9(11)14-4-6)13-5-8-12-1-2-15-8;1-2(3)4/h1-4,13H,5H2,(H2,11,14);1H3,(H,3,4). The third kappa shape index (κ3) is 6.16. The van der Waals surface area contributed by atoms with Gasteiger partial charge in [-0.1, -0.05) is 0 Å². The van der Waals surface area contributed by atoms with E-state index in [0.29, 0.717) is 12.4 Å². The van der Waals surface area contributed by atoms with Crippen LogP contribution in [0.3, 0.4) is 0 Å². The topological polar surface area (TPSA) is 101 Å². The Labute approximate surface area is 122 Å². The number of aliphatic carboxylic acids is 1. The molecule has 0 bridgehead atoms. The van der Waals surface area contributed by atoms with Crippen LogP contribution in [0.4, 0.5) is 11.5 Å². The number of hydrogen-bond acceptors (Lipinski definition) is 6. The van der Waals surface area contributed by atoms with Crippen molar-refractivity contribution in [2.45, 2.75) is 13.5 Å². The molecule has 2 rings (SSSR count). The molecule has 0 aliphatic rings. The van der Waals surface area contributed by atoms with E-state index in [1.165, 1.54) is 0 Å². The molecule has 0 saturated heterocycles. The van der Waals surface area contributed by atoms with Gasteiger partial charge in [0.15, 0.2) is 0 Å². The summed E-state index contributed by atoms with van der Waals surface area (Å²) in [6.07, 6.45) is 3.45. The summed E-state index contributed by atoms with van der Waals surface area (Å²) in [6.45, 7) is 1.75. The molecular weight excluding hydrogens is 332 g/mol. The van der Waals surface area contributed by atoms with Gasteiger partial charge in [0, 0.05) is 29.2 Å². The van der Waals surface area contributed by atoms with Crippen molar-refractivity contribution in [3.63, 3.8) is 0 Å². The molecule has 0 radical (unpaired) electrons. The van der Waals surface area contributed by atoms with Crippen LogP contribution in [0.2, 0.25) is 0 Å². The largest absolute Gasteiger partial charge is 0.481 e. The third-order valence-corrected chi connectivity index (χ3v) is 3.01. The van der Waals surface area contributed by atoms with E-state index in [-0.39, 0.29) is 0 Å². The quantitative estimate of drug-likeness (QED) is 0.790. The molecule has 0 fully saturated rings. The van der Waals surface area contributed by atoms with E-state index < -0.39 is 5.97 Å². The van der Waals surface area contributed by atoms with Gasteiger partial charge in [-0.3, -0.25) is 4.79 Å². The highest BCUT2D eigenvalue weighted by atomic mass is 79.9. The van der Waals surface area contributed by atoms with Crippen molar-refractivity contribution in [2.24, 2.45) is 0 Å². The summed E-state index contributed by atoms with van der Waals surface area (Å²) >= 11 is 4.95. The first-order valence-electron chi connectivity index (χ1n) is 5.22. The summed E-state index contributed by atoms with van der Waals surface area (Å²) in [6, 6.07) is 1.90. The molecule has 102 valence electrons. The molecule has 6 nitrogen and oxygen atoms in total. The number of rotatable bonds is 3. The lowest BCUT2D eigenvalue weighted by Gasteiger charge is -2.06. The molecule has 2 heterocycles. The first-order valence-corrected chi connectivity index (χ1v) is 6.89. The number of nitrogens with one attached hydrogen (secondary N) is 1.